The van der Waals surface area contributed by atoms with E-state index in [4.69, 9.17) is 0 Å². The number of rotatable bonds is 65. The Labute approximate surface area is 515 Å². The quantitative estimate of drug-likeness (QED) is 0.0326. The van der Waals surface area contributed by atoms with Crippen LogP contribution in [0, 0.1) is 0 Å². The molecule has 6 N–H and O–H groups in total. The first-order valence-electron chi connectivity index (χ1n) is 36.9. The molecule has 0 bridgehead atoms. The zero-order valence-corrected chi connectivity index (χ0v) is 55.9. The van der Waals surface area contributed by atoms with Crippen molar-refractivity contribution in [3.05, 3.63) is 0 Å². The Bertz CT molecular complexity index is 1340. The number of β-amino-alcohol motifs (C(OH)–C–C–N with tert-alkyl or cyclic N) is 1. The number of carbonyl (C=O) groups is 2. The third-order valence-electron chi connectivity index (χ3n) is 18.2. The van der Waals surface area contributed by atoms with Gasteiger partial charge >= 0.3 is 0 Å². The van der Waals surface area contributed by atoms with Gasteiger partial charge in [-0.2, -0.15) is 0 Å². The van der Waals surface area contributed by atoms with Crippen molar-refractivity contribution < 1.29 is 35.1 Å². The predicted octanol–water partition coefficient (Wildman–Crippen LogP) is 17.1. The lowest BCUT2D eigenvalue weighted by atomic mass is 9.97. The fourth-order valence-corrected chi connectivity index (χ4v) is 12.8. The smallest absolute Gasteiger partial charge is 0.245 e. The molecule has 1 fully saturated rings. The maximum Gasteiger partial charge on any atom is 0.245 e. The summed E-state index contributed by atoms with van der Waals surface area (Å²) in [7, 11) is 0. The van der Waals surface area contributed by atoms with Crippen molar-refractivity contribution in [2.45, 2.75) is 405 Å². The number of amides is 2. The molecule has 7 unspecified atom stereocenters. The average Bonchev–Trinajstić information content (AvgIpc) is 3.47. The summed E-state index contributed by atoms with van der Waals surface area (Å²) in [5, 5.41) is 59.7. The molecule has 11 nitrogen and oxygen atoms in total. The average molecular weight is 1180 g/mol. The minimum absolute atomic E-state index is 0.0993. The van der Waals surface area contributed by atoms with Crippen LogP contribution in [0.4, 0.5) is 0 Å². The lowest BCUT2D eigenvalue weighted by Crippen LogP contribution is -2.64. The number of nitrogens with one attached hydrogen (secondary N) is 1. The number of hydrogen-bond donors (Lipinski definition) is 6. The van der Waals surface area contributed by atoms with Crippen molar-refractivity contribution in [1.29, 1.82) is 0 Å². The lowest BCUT2D eigenvalue weighted by molar-refractivity contribution is -0.151. The van der Waals surface area contributed by atoms with Crippen LogP contribution in [0.2, 0.25) is 0 Å². The van der Waals surface area contributed by atoms with Gasteiger partial charge in [-0.05, 0) is 83.7 Å². The van der Waals surface area contributed by atoms with E-state index in [1.807, 2.05) is 0 Å². The number of hydrogen-bond acceptors (Lipinski definition) is 9. The second-order valence-corrected chi connectivity index (χ2v) is 26.7. The molecule has 0 saturated carbocycles. The molecule has 1 aliphatic heterocycles. The van der Waals surface area contributed by atoms with E-state index in [0.29, 0.717) is 65.0 Å². The van der Waals surface area contributed by atoms with E-state index >= 15 is 0 Å². The standard InChI is InChI=1S/C72H144N4O7/c1-6-11-16-21-26-31-36-41-50-64(77)59-74(60-65(78)51-42-37-32-27-22-17-12-7-2)57-48-46-55-69-72(83)76(63-68(81)54-45-40-35-30-25-20-15-10-5)70(71(82)73-69)56-47-49-58-75(61-66(79)52-43-38-33-28-23-18-13-8-3)62-67(80)53-44-39-34-29-24-19-14-9-4/h64-70,77-81H,6-63H2,1-5H3,(H,73,82). The molecule has 494 valence electrons. The zero-order valence-electron chi connectivity index (χ0n) is 55.9. The van der Waals surface area contributed by atoms with Gasteiger partial charge in [0.1, 0.15) is 12.1 Å². The van der Waals surface area contributed by atoms with E-state index in [1.165, 1.54) is 186 Å². The summed E-state index contributed by atoms with van der Waals surface area (Å²) in [6.45, 7) is 15.0. The molecule has 2 amide bonds. The fraction of sp³-hybridized carbons (Fsp3) is 0.972. The normalized spacial score (nSPS) is 16.8. The first-order valence-corrected chi connectivity index (χ1v) is 36.9. The van der Waals surface area contributed by atoms with Crippen molar-refractivity contribution in [2.24, 2.45) is 0 Å². The highest BCUT2D eigenvalue weighted by Gasteiger charge is 2.40. The van der Waals surface area contributed by atoms with Crippen molar-refractivity contribution in [1.82, 2.24) is 20.0 Å². The van der Waals surface area contributed by atoms with Crippen LogP contribution in [0.1, 0.15) is 362 Å². The van der Waals surface area contributed by atoms with Gasteiger partial charge < -0.3 is 35.7 Å². The third kappa shape index (κ3) is 47.4. The Kier molecular flexibility index (Phi) is 56.0. The van der Waals surface area contributed by atoms with E-state index < -0.39 is 42.6 Å². The lowest BCUT2D eigenvalue weighted by Gasteiger charge is -2.40. The molecule has 1 rings (SSSR count). The molecule has 0 aromatic rings. The number of piperazine rings is 1. The predicted molar refractivity (Wildman–Crippen MR) is 354 cm³/mol. The van der Waals surface area contributed by atoms with E-state index in [9.17, 15) is 35.1 Å². The number of unbranched alkanes of at least 4 members (excludes halogenated alkanes) is 37. The molecule has 11 heteroatoms. The van der Waals surface area contributed by atoms with E-state index in [1.54, 1.807) is 4.90 Å². The van der Waals surface area contributed by atoms with Crippen LogP contribution in [0.25, 0.3) is 0 Å². The first-order chi connectivity index (χ1) is 40.5. The molecular weight excluding hydrogens is 1030 g/mol. The number of nitrogens with zero attached hydrogens (tertiary/aromatic N) is 3. The molecule has 0 aromatic heterocycles. The Morgan fingerprint density at radius 1 is 0.337 bits per heavy atom. The minimum Gasteiger partial charge on any atom is -0.392 e. The number of carbonyl (C=O) groups excluding carboxylic acids is 2. The van der Waals surface area contributed by atoms with Gasteiger partial charge in [-0.25, -0.2) is 0 Å². The molecule has 0 aromatic carbocycles. The Balaban J connectivity index is 3.04. The Morgan fingerprint density at radius 2 is 0.590 bits per heavy atom. The molecule has 1 heterocycles. The van der Waals surface area contributed by atoms with E-state index in [2.05, 4.69) is 49.7 Å². The molecule has 0 radical (unpaired) electrons. The first kappa shape index (κ1) is 79.7. The summed E-state index contributed by atoms with van der Waals surface area (Å²) >= 11 is 0. The molecule has 0 aliphatic carbocycles. The van der Waals surface area contributed by atoms with Gasteiger partial charge in [-0.15, -0.1) is 0 Å². The molecule has 83 heavy (non-hydrogen) atoms. The van der Waals surface area contributed by atoms with Crippen molar-refractivity contribution in [3.8, 4) is 0 Å². The molecule has 1 saturated heterocycles. The highest BCUT2D eigenvalue weighted by Crippen LogP contribution is 2.23. The molecule has 1 aliphatic rings. The summed E-state index contributed by atoms with van der Waals surface area (Å²) in [4.78, 5) is 35.0. The van der Waals surface area contributed by atoms with Crippen molar-refractivity contribution in [2.75, 3.05) is 45.8 Å². The minimum atomic E-state index is -0.698. The summed E-state index contributed by atoms with van der Waals surface area (Å²) in [6.07, 6.45) is 54.0. The number of aliphatic hydroxyl groups is 5. The summed E-state index contributed by atoms with van der Waals surface area (Å²) in [5.41, 5.74) is 0. The van der Waals surface area contributed by atoms with Crippen LogP contribution in [-0.4, -0.2) is 140 Å². The van der Waals surface area contributed by atoms with Crippen LogP contribution in [0.3, 0.4) is 0 Å². The topological polar surface area (TPSA) is 157 Å². The van der Waals surface area contributed by atoms with Crippen LogP contribution in [-0.2, 0) is 9.59 Å². The van der Waals surface area contributed by atoms with Gasteiger partial charge in [0.15, 0.2) is 0 Å². The van der Waals surface area contributed by atoms with E-state index in [-0.39, 0.29) is 18.4 Å². The summed E-state index contributed by atoms with van der Waals surface area (Å²) < 4.78 is 0. The monoisotopic (exact) mass is 1180 g/mol. The fourth-order valence-electron chi connectivity index (χ4n) is 12.8. The maximum atomic E-state index is 14.6. The van der Waals surface area contributed by atoms with Gasteiger partial charge in [-0.1, -0.05) is 291 Å². The molecule has 7 atom stereocenters. The van der Waals surface area contributed by atoms with Crippen LogP contribution < -0.4 is 5.32 Å². The van der Waals surface area contributed by atoms with Gasteiger partial charge in [0.2, 0.25) is 11.8 Å². The van der Waals surface area contributed by atoms with Crippen LogP contribution in [0.5, 0.6) is 0 Å². The highest BCUT2D eigenvalue weighted by molar-refractivity contribution is 5.97. The van der Waals surface area contributed by atoms with Gasteiger partial charge in [0, 0.05) is 32.7 Å². The molecule has 0 spiro atoms. The van der Waals surface area contributed by atoms with Crippen molar-refractivity contribution >= 4 is 11.8 Å². The summed E-state index contributed by atoms with van der Waals surface area (Å²) in [5.74, 6) is -0.236. The highest BCUT2D eigenvalue weighted by atomic mass is 16.3. The second kappa shape index (κ2) is 58.3. The van der Waals surface area contributed by atoms with Gasteiger partial charge in [0.25, 0.3) is 0 Å². The largest absolute Gasteiger partial charge is 0.392 e. The van der Waals surface area contributed by atoms with Gasteiger partial charge in [0.05, 0.1) is 30.5 Å². The van der Waals surface area contributed by atoms with Crippen LogP contribution in [0.15, 0.2) is 0 Å². The van der Waals surface area contributed by atoms with Gasteiger partial charge in [-0.3, -0.25) is 19.4 Å². The summed E-state index contributed by atoms with van der Waals surface area (Å²) in [6, 6.07) is -1.30. The van der Waals surface area contributed by atoms with Crippen molar-refractivity contribution in [3.63, 3.8) is 0 Å². The Morgan fingerprint density at radius 3 is 0.880 bits per heavy atom. The second-order valence-electron chi connectivity index (χ2n) is 26.7. The maximum absolute atomic E-state index is 14.6. The zero-order chi connectivity index (χ0) is 60.6. The third-order valence-corrected chi connectivity index (χ3v) is 18.2. The molecular formula is C72H144N4O7. The van der Waals surface area contributed by atoms with Crippen LogP contribution >= 0.6 is 0 Å². The number of aliphatic hydroxyl groups excluding tert-OH is 5. The SMILES string of the molecule is CCCCCCCCCCC(O)CN(CCCCC1NC(=O)C(CCCCN(CC(O)CCCCCCCCCC)CC(O)CCCCCCCCCC)N(CC(O)CCCCCCCCCC)C1=O)CC(O)CCCCCCCCCC. The van der Waals surface area contributed by atoms with E-state index in [0.717, 1.165) is 116 Å². The Hall–Kier alpha value is -1.34.